The highest BCUT2D eigenvalue weighted by Gasteiger charge is 2.44. The zero-order valence-corrected chi connectivity index (χ0v) is 18.2. The van der Waals surface area contributed by atoms with Gasteiger partial charge in [-0.2, -0.15) is 0 Å². The quantitative estimate of drug-likeness (QED) is 0.670. The van der Waals surface area contributed by atoms with E-state index in [1.807, 2.05) is 29.2 Å². The number of hydrogen-bond acceptors (Lipinski definition) is 5. The first-order valence-corrected chi connectivity index (χ1v) is 10.7. The van der Waals surface area contributed by atoms with E-state index < -0.39 is 11.9 Å². The van der Waals surface area contributed by atoms with E-state index in [0.717, 1.165) is 16.3 Å². The number of likely N-dealkylation sites (tertiary alicyclic amines) is 1. The summed E-state index contributed by atoms with van der Waals surface area (Å²) in [4.78, 5) is 42.9. The minimum absolute atomic E-state index is 0.0116. The second kappa shape index (κ2) is 9.08. The summed E-state index contributed by atoms with van der Waals surface area (Å²) in [5, 5.41) is 0. The Morgan fingerprint density at radius 1 is 1.03 bits per heavy atom. The molecule has 0 spiro atoms. The maximum atomic E-state index is 13.2. The Kier molecular flexibility index (Phi) is 6.23. The van der Waals surface area contributed by atoms with Crippen LogP contribution in [0.4, 0.5) is 15.8 Å². The number of anilines is 2. The van der Waals surface area contributed by atoms with E-state index >= 15 is 0 Å². The van der Waals surface area contributed by atoms with Crippen LogP contribution in [0.25, 0.3) is 0 Å². The first-order chi connectivity index (χ1) is 15.4. The van der Waals surface area contributed by atoms with Gasteiger partial charge in [-0.1, -0.05) is 0 Å². The molecule has 2 fully saturated rings. The molecule has 0 unspecified atom stereocenters. The minimum Gasteiger partial charge on any atom is -0.497 e. The molecule has 0 bridgehead atoms. The molecule has 0 radical (unpaired) electrons. The van der Waals surface area contributed by atoms with E-state index in [9.17, 15) is 18.8 Å². The van der Waals surface area contributed by atoms with Gasteiger partial charge in [0.15, 0.2) is 0 Å². The van der Waals surface area contributed by atoms with Crippen LogP contribution in [0.5, 0.6) is 5.75 Å². The molecule has 2 heterocycles. The SMILES string of the molecule is COc1ccc(N(C(C)=O)C2CCN([C@H]3CC(=O)N(c4ccc(F)cc4)C3=O)CC2)cc1. The molecule has 0 aromatic heterocycles. The fraction of sp³-hybridized carbons (Fsp3) is 0.375. The number of carbonyl (C=O) groups is 3. The summed E-state index contributed by atoms with van der Waals surface area (Å²) in [5.74, 6) is -0.292. The standard InChI is InChI=1S/C24H26FN3O4/c1-16(29)27(18-7-9-21(32-2)10-8-18)20-11-13-26(14-12-20)22-15-23(30)28(24(22)31)19-5-3-17(25)4-6-19/h3-10,20,22H,11-15H2,1-2H3/t22-/m0/s1. The van der Waals surface area contributed by atoms with Crippen molar-refractivity contribution in [3.05, 3.63) is 54.3 Å². The lowest BCUT2D eigenvalue weighted by Crippen LogP contribution is -2.51. The largest absolute Gasteiger partial charge is 0.497 e. The van der Waals surface area contributed by atoms with E-state index in [1.54, 1.807) is 18.9 Å². The van der Waals surface area contributed by atoms with E-state index in [2.05, 4.69) is 0 Å². The fourth-order valence-corrected chi connectivity index (χ4v) is 4.61. The molecule has 1 atom stereocenters. The number of piperidine rings is 1. The number of ether oxygens (including phenoxy) is 1. The summed E-state index contributed by atoms with van der Waals surface area (Å²) in [6.07, 6.45) is 1.50. The van der Waals surface area contributed by atoms with Crippen molar-refractivity contribution < 1.29 is 23.5 Å². The van der Waals surface area contributed by atoms with E-state index in [4.69, 9.17) is 4.74 Å². The lowest BCUT2D eigenvalue weighted by Gasteiger charge is -2.39. The second-order valence-corrected chi connectivity index (χ2v) is 8.12. The Hall–Kier alpha value is -3.26. The molecule has 2 saturated heterocycles. The zero-order chi connectivity index (χ0) is 22.8. The lowest BCUT2D eigenvalue weighted by molar-refractivity contribution is -0.123. The van der Waals surface area contributed by atoms with Gasteiger partial charge in [-0.25, -0.2) is 9.29 Å². The smallest absolute Gasteiger partial charge is 0.251 e. The van der Waals surface area contributed by atoms with Crippen LogP contribution in [0, 0.1) is 5.82 Å². The molecule has 2 aliphatic heterocycles. The molecule has 32 heavy (non-hydrogen) atoms. The van der Waals surface area contributed by atoms with Gasteiger partial charge < -0.3 is 9.64 Å². The van der Waals surface area contributed by atoms with Crippen molar-refractivity contribution in [3.8, 4) is 5.75 Å². The number of benzene rings is 2. The minimum atomic E-state index is -0.528. The number of amides is 3. The number of halogens is 1. The molecule has 0 saturated carbocycles. The topological polar surface area (TPSA) is 70.2 Å². The van der Waals surface area contributed by atoms with Gasteiger partial charge in [0, 0.05) is 31.7 Å². The van der Waals surface area contributed by atoms with Crippen LogP contribution >= 0.6 is 0 Å². The number of nitrogens with zero attached hydrogens (tertiary/aromatic N) is 3. The van der Waals surface area contributed by atoms with Crippen LogP contribution in [0.3, 0.4) is 0 Å². The molecule has 0 aliphatic carbocycles. The Morgan fingerprint density at radius 2 is 1.66 bits per heavy atom. The Bertz CT molecular complexity index is 1000. The van der Waals surface area contributed by atoms with Crippen LogP contribution in [-0.4, -0.2) is 54.9 Å². The summed E-state index contributed by atoms with van der Waals surface area (Å²) in [7, 11) is 1.60. The second-order valence-electron chi connectivity index (χ2n) is 8.12. The van der Waals surface area contributed by atoms with Gasteiger partial charge in [0.1, 0.15) is 11.6 Å². The number of hydrogen-bond donors (Lipinski definition) is 0. The van der Waals surface area contributed by atoms with Gasteiger partial charge >= 0.3 is 0 Å². The van der Waals surface area contributed by atoms with Crippen molar-refractivity contribution >= 4 is 29.1 Å². The van der Waals surface area contributed by atoms with Crippen molar-refractivity contribution in [2.75, 3.05) is 30.0 Å². The summed E-state index contributed by atoms with van der Waals surface area (Å²) in [6, 6.07) is 12.2. The first-order valence-electron chi connectivity index (χ1n) is 10.7. The Balaban J connectivity index is 1.43. The molecule has 168 valence electrons. The van der Waals surface area contributed by atoms with Crippen molar-refractivity contribution in [3.63, 3.8) is 0 Å². The average Bonchev–Trinajstić information content (AvgIpc) is 3.09. The van der Waals surface area contributed by atoms with Crippen molar-refractivity contribution in [2.24, 2.45) is 0 Å². The highest BCUT2D eigenvalue weighted by molar-refractivity contribution is 6.22. The molecule has 3 amide bonds. The number of imide groups is 1. The van der Waals surface area contributed by atoms with Gasteiger partial charge in [-0.05, 0) is 61.4 Å². The van der Waals surface area contributed by atoms with Crippen LogP contribution < -0.4 is 14.5 Å². The summed E-state index contributed by atoms with van der Waals surface area (Å²) in [6.45, 7) is 2.76. The van der Waals surface area contributed by atoms with Crippen LogP contribution in [-0.2, 0) is 14.4 Å². The molecule has 2 aliphatic rings. The summed E-state index contributed by atoms with van der Waals surface area (Å²) in [5.41, 5.74) is 1.20. The third-order valence-electron chi connectivity index (χ3n) is 6.20. The van der Waals surface area contributed by atoms with Crippen LogP contribution in [0.1, 0.15) is 26.2 Å². The van der Waals surface area contributed by atoms with E-state index in [1.165, 1.54) is 24.3 Å². The molecule has 2 aromatic carbocycles. The first kappa shape index (κ1) is 22.0. The molecular weight excluding hydrogens is 413 g/mol. The number of rotatable bonds is 5. The van der Waals surface area contributed by atoms with Gasteiger partial charge in [-0.3, -0.25) is 19.3 Å². The van der Waals surface area contributed by atoms with E-state index in [-0.39, 0.29) is 30.2 Å². The highest BCUT2D eigenvalue weighted by atomic mass is 19.1. The summed E-state index contributed by atoms with van der Waals surface area (Å²) >= 11 is 0. The predicted molar refractivity (Wildman–Crippen MR) is 118 cm³/mol. The maximum absolute atomic E-state index is 13.2. The normalized spacial score (nSPS) is 20.0. The molecule has 8 heteroatoms. The number of methoxy groups -OCH3 is 1. The maximum Gasteiger partial charge on any atom is 0.251 e. The molecule has 4 rings (SSSR count). The summed E-state index contributed by atoms with van der Waals surface area (Å²) < 4.78 is 18.4. The van der Waals surface area contributed by atoms with Gasteiger partial charge in [0.05, 0.1) is 25.3 Å². The monoisotopic (exact) mass is 439 g/mol. The predicted octanol–water partition coefficient (Wildman–Crippen LogP) is 2.98. The third-order valence-corrected chi connectivity index (χ3v) is 6.20. The van der Waals surface area contributed by atoms with Gasteiger partial charge in [0.25, 0.3) is 5.91 Å². The lowest BCUT2D eigenvalue weighted by atomic mass is 10.00. The Labute approximate surface area is 186 Å². The fourth-order valence-electron chi connectivity index (χ4n) is 4.61. The molecule has 7 nitrogen and oxygen atoms in total. The van der Waals surface area contributed by atoms with Gasteiger partial charge in [0.2, 0.25) is 11.8 Å². The molecule has 2 aromatic rings. The van der Waals surface area contributed by atoms with Crippen LogP contribution in [0.2, 0.25) is 0 Å². The third kappa shape index (κ3) is 4.23. The molecular formula is C24H26FN3O4. The van der Waals surface area contributed by atoms with Crippen LogP contribution in [0.15, 0.2) is 48.5 Å². The Morgan fingerprint density at radius 3 is 2.22 bits per heavy atom. The van der Waals surface area contributed by atoms with Crippen molar-refractivity contribution in [1.82, 2.24) is 4.90 Å². The number of carbonyl (C=O) groups excluding carboxylic acids is 3. The van der Waals surface area contributed by atoms with Crippen molar-refractivity contribution in [2.45, 2.75) is 38.3 Å². The highest BCUT2D eigenvalue weighted by Crippen LogP contribution is 2.30. The van der Waals surface area contributed by atoms with Gasteiger partial charge in [-0.15, -0.1) is 0 Å². The molecule has 0 N–H and O–H groups in total. The van der Waals surface area contributed by atoms with Crippen molar-refractivity contribution in [1.29, 1.82) is 0 Å². The van der Waals surface area contributed by atoms with E-state index in [0.29, 0.717) is 31.6 Å². The zero-order valence-electron chi connectivity index (χ0n) is 18.2. The average molecular weight is 439 g/mol.